The number of furan rings is 1. The second kappa shape index (κ2) is 12.5. The molecule has 9 aromatic carbocycles. The van der Waals surface area contributed by atoms with Crippen LogP contribution in [0.15, 0.2) is 205 Å². The molecule has 0 aliphatic rings. The van der Waals surface area contributed by atoms with Crippen LogP contribution in [0.3, 0.4) is 0 Å². The van der Waals surface area contributed by atoms with Gasteiger partial charge in [0.15, 0.2) is 0 Å². The van der Waals surface area contributed by atoms with Gasteiger partial charge in [0, 0.05) is 32.9 Å². The van der Waals surface area contributed by atoms with Crippen molar-refractivity contribution in [3.8, 4) is 33.4 Å². The molecule has 0 bridgehead atoms. The molecule has 0 fully saturated rings. The molecule has 0 atom stereocenters. The first-order valence-corrected chi connectivity index (χ1v) is 17.8. The summed E-state index contributed by atoms with van der Waals surface area (Å²) in [5.41, 5.74) is 12.3. The van der Waals surface area contributed by atoms with Gasteiger partial charge in [-0.05, 0) is 86.6 Å². The highest BCUT2D eigenvalue weighted by molar-refractivity contribution is 6.22. The number of rotatable bonds is 6. The molecule has 52 heavy (non-hydrogen) atoms. The molecular formula is C50H33NO. The van der Waals surface area contributed by atoms with E-state index in [0.29, 0.717) is 0 Å². The lowest BCUT2D eigenvalue weighted by Gasteiger charge is -2.27. The van der Waals surface area contributed by atoms with Crippen molar-refractivity contribution in [3.63, 3.8) is 0 Å². The first-order chi connectivity index (χ1) is 25.8. The number of anilines is 3. The van der Waals surface area contributed by atoms with Gasteiger partial charge in [0.1, 0.15) is 11.2 Å². The van der Waals surface area contributed by atoms with E-state index in [9.17, 15) is 0 Å². The van der Waals surface area contributed by atoms with Crippen LogP contribution in [0.25, 0.3) is 76.9 Å². The Balaban J connectivity index is 1.12. The van der Waals surface area contributed by atoms with Gasteiger partial charge in [-0.3, -0.25) is 0 Å². The standard InChI is InChI=1S/C50H33NO/c1-3-13-34(14-4-1)35-25-27-38(28-26-35)45-33-46-49-42(22-12-24-48(49)52-50(46)44-21-10-9-20-43(44)45)37-29-31-40(32-30-37)51(39-17-5-2-6-18-39)47-23-11-16-36-15-7-8-19-41(36)47/h1-33H. The number of hydrogen-bond acceptors (Lipinski definition) is 2. The Hall–Kier alpha value is -6.90. The van der Waals surface area contributed by atoms with E-state index < -0.39 is 0 Å². The number of nitrogens with zero attached hydrogens (tertiary/aromatic N) is 1. The normalized spacial score (nSPS) is 11.5. The van der Waals surface area contributed by atoms with Gasteiger partial charge in [-0.1, -0.05) is 158 Å². The van der Waals surface area contributed by atoms with Gasteiger partial charge < -0.3 is 9.32 Å². The third kappa shape index (κ3) is 5.04. The molecule has 244 valence electrons. The zero-order valence-electron chi connectivity index (χ0n) is 28.4. The van der Waals surface area contributed by atoms with Crippen LogP contribution >= 0.6 is 0 Å². The number of para-hydroxylation sites is 1. The van der Waals surface area contributed by atoms with Crippen LogP contribution in [-0.2, 0) is 0 Å². The molecule has 0 spiro atoms. The van der Waals surface area contributed by atoms with E-state index in [0.717, 1.165) is 55.5 Å². The largest absolute Gasteiger partial charge is 0.455 e. The second-order valence-electron chi connectivity index (χ2n) is 13.3. The summed E-state index contributed by atoms with van der Waals surface area (Å²) in [7, 11) is 0. The van der Waals surface area contributed by atoms with Crippen LogP contribution < -0.4 is 4.90 Å². The lowest BCUT2D eigenvalue weighted by molar-refractivity contribution is 0.673. The highest BCUT2D eigenvalue weighted by atomic mass is 16.3. The van der Waals surface area contributed by atoms with E-state index in [4.69, 9.17) is 4.42 Å². The van der Waals surface area contributed by atoms with Crippen LogP contribution in [0.2, 0.25) is 0 Å². The average molecular weight is 664 g/mol. The Morgan fingerprint density at radius 1 is 0.346 bits per heavy atom. The second-order valence-corrected chi connectivity index (χ2v) is 13.3. The minimum Gasteiger partial charge on any atom is -0.455 e. The average Bonchev–Trinajstić information content (AvgIpc) is 3.61. The molecule has 0 saturated heterocycles. The van der Waals surface area contributed by atoms with Crippen LogP contribution in [0.5, 0.6) is 0 Å². The Bertz CT molecular complexity index is 2870. The van der Waals surface area contributed by atoms with Gasteiger partial charge in [0.2, 0.25) is 0 Å². The van der Waals surface area contributed by atoms with E-state index >= 15 is 0 Å². The molecule has 0 N–H and O–H groups in total. The maximum absolute atomic E-state index is 6.71. The van der Waals surface area contributed by atoms with E-state index in [1.165, 1.54) is 38.4 Å². The lowest BCUT2D eigenvalue weighted by Crippen LogP contribution is -2.10. The summed E-state index contributed by atoms with van der Waals surface area (Å²) in [6.07, 6.45) is 0. The van der Waals surface area contributed by atoms with Gasteiger partial charge in [0.05, 0.1) is 5.69 Å². The topological polar surface area (TPSA) is 16.4 Å². The molecule has 2 heteroatoms. The number of fused-ring (bicyclic) bond motifs is 6. The zero-order chi connectivity index (χ0) is 34.4. The van der Waals surface area contributed by atoms with E-state index in [1.54, 1.807) is 0 Å². The van der Waals surface area contributed by atoms with Crippen molar-refractivity contribution in [2.75, 3.05) is 4.90 Å². The predicted molar refractivity (Wildman–Crippen MR) is 220 cm³/mol. The molecule has 10 aromatic rings. The maximum Gasteiger partial charge on any atom is 0.143 e. The van der Waals surface area contributed by atoms with Gasteiger partial charge in [-0.2, -0.15) is 0 Å². The summed E-state index contributed by atoms with van der Waals surface area (Å²) < 4.78 is 6.71. The maximum atomic E-state index is 6.71. The van der Waals surface area contributed by atoms with Crippen LogP contribution in [0.4, 0.5) is 17.1 Å². The summed E-state index contributed by atoms with van der Waals surface area (Å²) in [6, 6.07) is 71.5. The molecule has 1 heterocycles. The number of benzene rings is 9. The van der Waals surface area contributed by atoms with Gasteiger partial charge in [0.25, 0.3) is 0 Å². The van der Waals surface area contributed by atoms with Crippen molar-refractivity contribution in [3.05, 3.63) is 200 Å². The van der Waals surface area contributed by atoms with E-state index in [2.05, 4.69) is 205 Å². The first-order valence-electron chi connectivity index (χ1n) is 17.8. The monoisotopic (exact) mass is 663 g/mol. The van der Waals surface area contributed by atoms with Crippen LogP contribution in [0.1, 0.15) is 0 Å². The van der Waals surface area contributed by atoms with Crippen molar-refractivity contribution < 1.29 is 4.42 Å². The third-order valence-electron chi connectivity index (χ3n) is 10.3. The van der Waals surface area contributed by atoms with Crippen molar-refractivity contribution in [2.45, 2.75) is 0 Å². The molecule has 0 aliphatic heterocycles. The van der Waals surface area contributed by atoms with Crippen molar-refractivity contribution >= 4 is 60.5 Å². The molecule has 0 saturated carbocycles. The highest BCUT2D eigenvalue weighted by Gasteiger charge is 2.19. The third-order valence-corrected chi connectivity index (χ3v) is 10.3. The molecular weight excluding hydrogens is 631 g/mol. The van der Waals surface area contributed by atoms with Gasteiger partial charge >= 0.3 is 0 Å². The van der Waals surface area contributed by atoms with Crippen LogP contribution in [-0.4, -0.2) is 0 Å². The van der Waals surface area contributed by atoms with E-state index in [-0.39, 0.29) is 0 Å². The molecule has 2 nitrogen and oxygen atoms in total. The first kappa shape index (κ1) is 30.0. The van der Waals surface area contributed by atoms with Gasteiger partial charge in [-0.25, -0.2) is 0 Å². The Kier molecular flexibility index (Phi) is 7.18. The van der Waals surface area contributed by atoms with Crippen molar-refractivity contribution in [1.29, 1.82) is 0 Å². The molecule has 1 aromatic heterocycles. The fourth-order valence-electron chi connectivity index (χ4n) is 7.80. The Morgan fingerprint density at radius 2 is 0.904 bits per heavy atom. The van der Waals surface area contributed by atoms with E-state index in [1.807, 2.05) is 0 Å². The fourth-order valence-corrected chi connectivity index (χ4v) is 7.80. The summed E-state index contributed by atoms with van der Waals surface area (Å²) >= 11 is 0. The predicted octanol–water partition coefficient (Wildman–Crippen LogP) is 14.4. The smallest absolute Gasteiger partial charge is 0.143 e. The highest BCUT2D eigenvalue weighted by Crippen LogP contribution is 2.44. The summed E-state index contributed by atoms with van der Waals surface area (Å²) in [5.74, 6) is 0. The molecule has 10 rings (SSSR count). The molecule has 0 amide bonds. The summed E-state index contributed by atoms with van der Waals surface area (Å²) in [6.45, 7) is 0. The quantitative estimate of drug-likeness (QED) is 0.176. The van der Waals surface area contributed by atoms with Crippen molar-refractivity contribution in [2.24, 2.45) is 0 Å². The SMILES string of the molecule is c1ccc(-c2ccc(-c3cc4c(oc5cccc(-c6ccc(N(c7ccccc7)c7cccc8ccccc78)cc6)c54)c4ccccc34)cc2)cc1. The summed E-state index contributed by atoms with van der Waals surface area (Å²) in [4.78, 5) is 2.35. The van der Waals surface area contributed by atoms with Crippen molar-refractivity contribution in [1.82, 2.24) is 0 Å². The minimum absolute atomic E-state index is 0.889. The van der Waals surface area contributed by atoms with Gasteiger partial charge in [-0.15, -0.1) is 0 Å². The lowest BCUT2D eigenvalue weighted by atomic mass is 9.92. The molecule has 0 unspecified atom stereocenters. The Labute approximate surface area is 302 Å². The minimum atomic E-state index is 0.889. The Morgan fingerprint density at radius 3 is 1.69 bits per heavy atom. The number of hydrogen-bond donors (Lipinski definition) is 0. The summed E-state index contributed by atoms with van der Waals surface area (Å²) in [5, 5.41) is 6.99. The molecule has 0 radical (unpaired) electrons. The van der Waals surface area contributed by atoms with Crippen LogP contribution in [0, 0.1) is 0 Å². The fraction of sp³-hybridized carbons (Fsp3) is 0. The molecule has 0 aliphatic carbocycles. The zero-order valence-corrected chi connectivity index (χ0v) is 28.4.